The zero-order valence-electron chi connectivity index (χ0n) is 15.4. The summed E-state index contributed by atoms with van der Waals surface area (Å²) in [5.41, 5.74) is 0.122. The van der Waals surface area contributed by atoms with E-state index >= 15 is 0 Å². The van der Waals surface area contributed by atoms with Crippen molar-refractivity contribution in [2.75, 3.05) is 5.75 Å². The molecule has 1 amide bonds. The van der Waals surface area contributed by atoms with Crippen LogP contribution in [0.3, 0.4) is 0 Å². The maximum absolute atomic E-state index is 12.8. The molecule has 2 aromatic rings. The van der Waals surface area contributed by atoms with E-state index in [0.717, 1.165) is 28.1 Å². The van der Waals surface area contributed by atoms with E-state index in [-0.39, 0.29) is 23.1 Å². The molecule has 1 aliphatic carbocycles. The fourth-order valence-electron chi connectivity index (χ4n) is 3.04. The number of nitriles is 1. The van der Waals surface area contributed by atoms with E-state index in [4.69, 9.17) is 0 Å². The van der Waals surface area contributed by atoms with Crippen LogP contribution in [0.2, 0.25) is 0 Å². The van der Waals surface area contributed by atoms with Crippen molar-refractivity contribution in [1.82, 2.24) is 14.9 Å². The molecule has 3 rings (SSSR count). The second kappa shape index (κ2) is 7.05. The van der Waals surface area contributed by atoms with Gasteiger partial charge in [-0.2, -0.15) is 5.26 Å². The number of carbonyl (C=O) groups is 1. The minimum atomic E-state index is -0.804. The fourth-order valence-corrected chi connectivity index (χ4v) is 4.97. The lowest BCUT2D eigenvalue weighted by molar-refractivity contribution is -0.119. The molecule has 1 saturated carbocycles. The van der Waals surface area contributed by atoms with Crippen molar-refractivity contribution >= 4 is 39.2 Å². The van der Waals surface area contributed by atoms with Crippen LogP contribution in [0.1, 0.15) is 37.1 Å². The van der Waals surface area contributed by atoms with Gasteiger partial charge in [0.05, 0.1) is 17.2 Å². The highest BCUT2D eigenvalue weighted by molar-refractivity contribution is 7.99. The van der Waals surface area contributed by atoms with Crippen molar-refractivity contribution in [3.05, 3.63) is 20.8 Å². The van der Waals surface area contributed by atoms with Crippen molar-refractivity contribution in [2.24, 2.45) is 5.92 Å². The van der Waals surface area contributed by atoms with Gasteiger partial charge in [0.1, 0.15) is 10.4 Å². The van der Waals surface area contributed by atoms with Crippen LogP contribution < -0.4 is 10.9 Å². The van der Waals surface area contributed by atoms with E-state index < -0.39 is 5.54 Å². The second-order valence-corrected chi connectivity index (χ2v) is 8.98. The molecule has 1 aliphatic rings. The summed E-state index contributed by atoms with van der Waals surface area (Å²) in [7, 11) is 0. The van der Waals surface area contributed by atoms with Crippen LogP contribution in [0.4, 0.5) is 0 Å². The minimum absolute atomic E-state index is 0.0536. The van der Waals surface area contributed by atoms with Gasteiger partial charge >= 0.3 is 0 Å². The lowest BCUT2D eigenvalue weighted by Gasteiger charge is -2.22. The lowest BCUT2D eigenvalue weighted by Crippen LogP contribution is -2.47. The normalized spacial score (nSPS) is 16.3. The lowest BCUT2D eigenvalue weighted by atomic mass is 9.98. The molecule has 8 heteroatoms. The number of fused-ring (bicyclic) bond motifs is 1. The molecule has 0 radical (unpaired) electrons. The topological polar surface area (TPSA) is 87.8 Å². The first-order valence-electron chi connectivity index (χ1n) is 8.66. The average molecular weight is 391 g/mol. The minimum Gasteiger partial charge on any atom is -0.337 e. The maximum atomic E-state index is 12.8. The summed E-state index contributed by atoms with van der Waals surface area (Å²) in [6.45, 7) is 8.10. The van der Waals surface area contributed by atoms with Crippen LogP contribution >= 0.6 is 23.1 Å². The zero-order valence-corrected chi connectivity index (χ0v) is 17.0. The van der Waals surface area contributed by atoms with Gasteiger partial charge in [0.25, 0.3) is 5.56 Å². The van der Waals surface area contributed by atoms with Gasteiger partial charge in [-0.1, -0.05) is 11.8 Å². The first kappa shape index (κ1) is 18.9. The number of rotatable bonds is 6. The SMILES string of the molecule is CCn1c(SCC(=O)NC(C)(C#N)C2CC2)nc2sc(C)c(C)c2c1=O. The third-order valence-electron chi connectivity index (χ3n) is 4.93. The van der Waals surface area contributed by atoms with Crippen LogP contribution in [0.5, 0.6) is 0 Å². The van der Waals surface area contributed by atoms with Crippen molar-refractivity contribution < 1.29 is 4.79 Å². The molecule has 0 saturated heterocycles. The molecular formula is C18H22N4O2S2. The summed E-state index contributed by atoms with van der Waals surface area (Å²) in [6, 6.07) is 2.22. The Morgan fingerprint density at radius 3 is 2.77 bits per heavy atom. The summed E-state index contributed by atoms with van der Waals surface area (Å²) in [5, 5.41) is 13.4. The number of aryl methyl sites for hydroxylation is 2. The summed E-state index contributed by atoms with van der Waals surface area (Å²) < 4.78 is 1.61. The zero-order chi connectivity index (χ0) is 19.1. The molecule has 1 atom stereocenters. The first-order chi connectivity index (χ1) is 12.3. The molecule has 6 nitrogen and oxygen atoms in total. The molecule has 2 aromatic heterocycles. The first-order valence-corrected chi connectivity index (χ1v) is 10.5. The molecule has 26 heavy (non-hydrogen) atoms. The van der Waals surface area contributed by atoms with Crippen molar-refractivity contribution in [3.8, 4) is 6.07 Å². The van der Waals surface area contributed by atoms with Gasteiger partial charge in [-0.25, -0.2) is 4.98 Å². The molecule has 0 bridgehead atoms. The Kier molecular flexibility index (Phi) is 5.13. The fraction of sp³-hybridized carbons (Fsp3) is 0.556. The van der Waals surface area contributed by atoms with Gasteiger partial charge in [-0.3, -0.25) is 14.2 Å². The highest BCUT2D eigenvalue weighted by Crippen LogP contribution is 2.39. The predicted molar refractivity (Wildman–Crippen MR) is 105 cm³/mol. The number of amides is 1. The Labute approximate surface area is 160 Å². The van der Waals surface area contributed by atoms with Crippen LogP contribution in [0.25, 0.3) is 10.2 Å². The molecule has 0 aliphatic heterocycles. The third-order valence-corrected chi connectivity index (χ3v) is 7.01. The highest BCUT2D eigenvalue weighted by Gasteiger charge is 2.42. The standard InChI is InChI=1S/C18H22N4O2S2/c1-5-22-16(24)14-10(2)11(3)26-15(14)20-17(22)25-8-13(23)21-18(4,9-19)12-6-7-12/h12H,5-8H2,1-4H3,(H,21,23). The Balaban J connectivity index is 1.81. The number of thioether (sulfide) groups is 1. The average Bonchev–Trinajstić information content (AvgIpc) is 3.41. The van der Waals surface area contributed by atoms with Crippen LogP contribution in [-0.2, 0) is 11.3 Å². The van der Waals surface area contributed by atoms with Crippen molar-refractivity contribution in [3.63, 3.8) is 0 Å². The largest absolute Gasteiger partial charge is 0.337 e. The van der Waals surface area contributed by atoms with Gasteiger partial charge in [0.2, 0.25) is 5.91 Å². The van der Waals surface area contributed by atoms with Gasteiger partial charge in [0, 0.05) is 11.4 Å². The predicted octanol–water partition coefficient (Wildman–Crippen LogP) is 3.00. The van der Waals surface area contributed by atoms with Gasteiger partial charge in [0.15, 0.2) is 5.16 Å². The second-order valence-electron chi connectivity index (χ2n) is 6.83. The van der Waals surface area contributed by atoms with Crippen molar-refractivity contribution in [2.45, 2.75) is 57.8 Å². The smallest absolute Gasteiger partial charge is 0.263 e. The van der Waals surface area contributed by atoms with Gasteiger partial charge < -0.3 is 5.32 Å². The molecule has 1 unspecified atom stereocenters. The molecule has 2 heterocycles. The monoisotopic (exact) mass is 390 g/mol. The quantitative estimate of drug-likeness (QED) is 0.605. The van der Waals surface area contributed by atoms with Crippen LogP contribution in [0.15, 0.2) is 9.95 Å². The Bertz CT molecular complexity index is 968. The number of hydrogen-bond donors (Lipinski definition) is 1. The number of aromatic nitrogens is 2. The van der Waals surface area contributed by atoms with E-state index in [1.807, 2.05) is 20.8 Å². The molecular weight excluding hydrogens is 368 g/mol. The Morgan fingerprint density at radius 1 is 1.50 bits per heavy atom. The highest BCUT2D eigenvalue weighted by atomic mass is 32.2. The van der Waals surface area contributed by atoms with E-state index in [2.05, 4.69) is 16.4 Å². The van der Waals surface area contributed by atoms with E-state index in [1.54, 1.807) is 11.5 Å². The number of thiophene rings is 1. The molecule has 1 fully saturated rings. The summed E-state index contributed by atoms with van der Waals surface area (Å²) >= 11 is 2.75. The third kappa shape index (κ3) is 3.38. The van der Waals surface area contributed by atoms with E-state index in [0.29, 0.717) is 17.1 Å². The number of hydrogen-bond acceptors (Lipinski definition) is 6. The number of nitrogens with zero attached hydrogens (tertiary/aromatic N) is 3. The van der Waals surface area contributed by atoms with E-state index in [1.165, 1.54) is 23.1 Å². The molecule has 1 N–H and O–H groups in total. The summed E-state index contributed by atoms with van der Waals surface area (Å²) in [5.74, 6) is 0.161. The number of nitrogens with one attached hydrogen (secondary N) is 1. The van der Waals surface area contributed by atoms with Gasteiger partial charge in [-0.15, -0.1) is 11.3 Å². The Hall–Kier alpha value is -1.85. The molecule has 0 aromatic carbocycles. The molecule has 138 valence electrons. The summed E-state index contributed by atoms with van der Waals surface area (Å²) in [4.78, 5) is 31.6. The van der Waals surface area contributed by atoms with E-state index in [9.17, 15) is 14.9 Å². The van der Waals surface area contributed by atoms with Crippen LogP contribution in [0, 0.1) is 31.1 Å². The number of carbonyl (C=O) groups excluding carboxylic acids is 1. The van der Waals surface area contributed by atoms with Crippen molar-refractivity contribution in [1.29, 1.82) is 5.26 Å². The summed E-state index contributed by atoms with van der Waals surface area (Å²) in [6.07, 6.45) is 1.95. The maximum Gasteiger partial charge on any atom is 0.263 e. The van der Waals surface area contributed by atoms with Gasteiger partial charge in [-0.05, 0) is 52.0 Å². The van der Waals surface area contributed by atoms with Crippen LogP contribution in [-0.4, -0.2) is 26.8 Å². The molecule has 0 spiro atoms. The Morgan fingerprint density at radius 2 is 2.19 bits per heavy atom.